The maximum atomic E-state index is 9.31. The van der Waals surface area contributed by atoms with Gasteiger partial charge in [-0.05, 0) is 32.8 Å². The van der Waals surface area contributed by atoms with Gasteiger partial charge in [-0.15, -0.1) is 0 Å². The van der Waals surface area contributed by atoms with E-state index in [1.807, 2.05) is 12.1 Å². The zero-order valence-electron chi connectivity index (χ0n) is 10.9. The molecule has 0 spiro atoms. The van der Waals surface area contributed by atoms with Crippen LogP contribution < -0.4 is 10.6 Å². The summed E-state index contributed by atoms with van der Waals surface area (Å²) < 4.78 is 0. The van der Waals surface area contributed by atoms with Gasteiger partial charge in [0.05, 0.1) is 6.10 Å². The van der Waals surface area contributed by atoms with Gasteiger partial charge in [0.2, 0.25) is 0 Å². The molecule has 0 fully saturated rings. The van der Waals surface area contributed by atoms with Crippen molar-refractivity contribution in [3.05, 3.63) is 18.3 Å². The number of aliphatic hydroxyl groups is 1. The van der Waals surface area contributed by atoms with E-state index < -0.39 is 0 Å². The van der Waals surface area contributed by atoms with E-state index in [2.05, 4.69) is 29.5 Å². The number of hydrogen-bond donors (Lipinski definition) is 3. The molecule has 17 heavy (non-hydrogen) atoms. The Morgan fingerprint density at radius 3 is 2.82 bits per heavy atom. The highest BCUT2D eigenvalue weighted by molar-refractivity contribution is 5.52. The zero-order valence-corrected chi connectivity index (χ0v) is 10.9. The van der Waals surface area contributed by atoms with E-state index >= 15 is 0 Å². The van der Waals surface area contributed by atoms with Crippen molar-refractivity contribution in [2.24, 2.45) is 0 Å². The first kappa shape index (κ1) is 13.8. The molecule has 2 unspecified atom stereocenters. The number of rotatable bonds is 7. The highest BCUT2D eigenvalue weighted by Gasteiger charge is 2.06. The van der Waals surface area contributed by atoms with E-state index in [0.29, 0.717) is 0 Å². The van der Waals surface area contributed by atoms with Crippen LogP contribution in [0.15, 0.2) is 18.3 Å². The van der Waals surface area contributed by atoms with Crippen LogP contribution in [-0.4, -0.2) is 28.8 Å². The summed E-state index contributed by atoms with van der Waals surface area (Å²) in [4.78, 5) is 4.24. The summed E-state index contributed by atoms with van der Waals surface area (Å²) in [6.45, 7) is 6.92. The van der Waals surface area contributed by atoms with E-state index in [-0.39, 0.29) is 12.1 Å². The monoisotopic (exact) mass is 237 g/mol. The van der Waals surface area contributed by atoms with Crippen LogP contribution in [0.3, 0.4) is 0 Å². The summed E-state index contributed by atoms with van der Waals surface area (Å²) in [5, 5.41) is 15.9. The highest BCUT2D eigenvalue weighted by atomic mass is 16.3. The molecule has 3 N–H and O–H groups in total. The molecule has 0 aliphatic rings. The Kier molecular flexibility index (Phi) is 5.77. The van der Waals surface area contributed by atoms with Crippen molar-refractivity contribution >= 4 is 11.5 Å². The van der Waals surface area contributed by atoms with Crippen molar-refractivity contribution < 1.29 is 5.11 Å². The second-order valence-corrected chi connectivity index (χ2v) is 4.49. The first-order valence-corrected chi connectivity index (χ1v) is 6.26. The van der Waals surface area contributed by atoms with Crippen molar-refractivity contribution in [3.8, 4) is 0 Å². The van der Waals surface area contributed by atoms with Crippen LogP contribution in [0.25, 0.3) is 0 Å². The molecular formula is C13H23N3O. The summed E-state index contributed by atoms with van der Waals surface area (Å²) in [7, 11) is 0. The van der Waals surface area contributed by atoms with Gasteiger partial charge in [0.15, 0.2) is 0 Å². The normalized spacial score (nSPS) is 14.1. The number of aliphatic hydroxyl groups excluding tert-OH is 1. The van der Waals surface area contributed by atoms with Gasteiger partial charge in [-0.2, -0.15) is 0 Å². The second kappa shape index (κ2) is 7.12. The predicted octanol–water partition coefficient (Wildman–Crippen LogP) is 2.47. The molecule has 1 heterocycles. The summed E-state index contributed by atoms with van der Waals surface area (Å²) in [6, 6.07) is 4.18. The molecule has 1 rings (SSSR count). The number of aromatic nitrogens is 1. The van der Waals surface area contributed by atoms with Gasteiger partial charge in [0, 0.05) is 30.5 Å². The van der Waals surface area contributed by atoms with Crippen LogP contribution in [0.4, 0.5) is 11.5 Å². The molecule has 0 bridgehead atoms. The van der Waals surface area contributed by atoms with Gasteiger partial charge in [-0.25, -0.2) is 4.98 Å². The van der Waals surface area contributed by atoms with Crippen molar-refractivity contribution in [3.63, 3.8) is 0 Å². The molecule has 4 heteroatoms. The lowest BCUT2D eigenvalue weighted by atomic mass is 10.1. The van der Waals surface area contributed by atoms with Gasteiger partial charge in [-0.1, -0.05) is 6.92 Å². The van der Waals surface area contributed by atoms with Crippen LogP contribution in [0.5, 0.6) is 0 Å². The number of nitrogens with zero attached hydrogens (tertiary/aromatic N) is 1. The molecular weight excluding hydrogens is 214 g/mol. The van der Waals surface area contributed by atoms with Gasteiger partial charge in [0.25, 0.3) is 0 Å². The highest BCUT2D eigenvalue weighted by Crippen LogP contribution is 2.14. The second-order valence-electron chi connectivity index (χ2n) is 4.49. The first-order valence-electron chi connectivity index (χ1n) is 6.26. The van der Waals surface area contributed by atoms with Crippen molar-refractivity contribution in [2.45, 2.75) is 45.8 Å². The summed E-state index contributed by atoms with van der Waals surface area (Å²) in [5.74, 6) is 0.890. The number of nitrogens with one attached hydrogen (secondary N) is 2. The minimum absolute atomic E-state index is 0.247. The standard InChI is InChI=1S/C13H23N3O/c1-4-6-14-13-9-12(5-7-15-13)16-10(2)8-11(3)17/h5,7,9-11,17H,4,6,8H2,1-3H3,(H2,14,15,16). The Bertz CT molecular complexity index is 328. The maximum absolute atomic E-state index is 9.31. The largest absolute Gasteiger partial charge is 0.393 e. The molecule has 96 valence electrons. The quantitative estimate of drug-likeness (QED) is 0.682. The summed E-state index contributed by atoms with van der Waals surface area (Å²) in [6.07, 6.45) is 3.32. The maximum Gasteiger partial charge on any atom is 0.127 e. The van der Waals surface area contributed by atoms with Crippen LogP contribution in [-0.2, 0) is 0 Å². The molecule has 0 aromatic carbocycles. The Morgan fingerprint density at radius 2 is 2.18 bits per heavy atom. The van der Waals surface area contributed by atoms with Crippen LogP contribution in [0.2, 0.25) is 0 Å². The molecule has 0 saturated heterocycles. The summed E-state index contributed by atoms with van der Waals surface area (Å²) in [5.41, 5.74) is 1.03. The van der Waals surface area contributed by atoms with Crippen LogP contribution in [0.1, 0.15) is 33.6 Å². The third kappa shape index (κ3) is 5.54. The lowest BCUT2D eigenvalue weighted by Gasteiger charge is -2.17. The average molecular weight is 237 g/mol. The van der Waals surface area contributed by atoms with E-state index in [9.17, 15) is 5.11 Å². The zero-order chi connectivity index (χ0) is 12.7. The molecule has 0 saturated carbocycles. The third-order valence-corrected chi connectivity index (χ3v) is 2.42. The van der Waals surface area contributed by atoms with Crippen molar-refractivity contribution in [2.75, 3.05) is 17.2 Å². The predicted molar refractivity (Wildman–Crippen MR) is 72.4 cm³/mol. The van der Waals surface area contributed by atoms with Crippen molar-refractivity contribution in [1.82, 2.24) is 4.98 Å². The van der Waals surface area contributed by atoms with E-state index in [4.69, 9.17) is 0 Å². The molecule has 2 atom stereocenters. The average Bonchev–Trinajstić information content (AvgIpc) is 2.25. The summed E-state index contributed by atoms with van der Waals surface area (Å²) >= 11 is 0. The third-order valence-electron chi connectivity index (χ3n) is 2.42. The molecule has 4 nitrogen and oxygen atoms in total. The smallest absolute Gasteiger partial charge is 0.127 e. The Hall–Kier alpha value is -1.29. The Balaban J connectivity index is 2.52. The Morgan fingerprint density at radius 1 is 1.41 bits per heavy atom. The molecule has 0 amide bonds. The number of anilines is 2. The van der Waals surface area contributed by atoms with E-state index in [1.54, 1.807) is 13.1 Å². The fraction of sp³-hybridized carbons (Fsp3) is 0.615. The molecule has 0 aliphatic heterocycles. The lowest BCUT2D eigenvalue weighted by Crippen LogP contribution is -2.20. The SMILES string of the molecule is CCCNc1cc(NC(C)CC(C)O)ccn1. The molecule has 0 radical (unpaired) electrons. The van der Waals surface area contributed by atoms with E-state index in [0.717, 1.165) is 30.9 Å². The minimum atomic E-state index is -0.281. The number of pyridine rings is 1. The van der Waals surface area contributed by atoms with Gasteiger partial charge < -0.3 is 15.7 Å². The first-order chi connectivity index (χ1) is 8.11. The molecule has 0 aliphatic carbocycles. The van der Waals surface area contributed by atoms with Gasteiger partial charge in [0.1, 0.15) is 5.82 Å². The van der Waals surface area contributed by atoms with E-state index in [1.165, 1.54) is 0 Å². The van der Waals surface area contributed by atoms with Gasteiger partial charge >= 0.3 is 0 Å². The molecule has 1 aromatic rings. The number of hydrogen-bond acceptors (Lipinski definition) is 4. The lowest BCUT2D eigenvalue weighted by molar-refractivity contribution is 0.179. The topological polar surface area (TPSA) is 57.2 Å². The van der Waals surface area contributed by atoms with Crippen LogP contribution >= 0.6 is 0 Å². The van der Waals surface area contributed by atoms with Crippen LogP contribution in [0, 0.1) is 0 Å². The minimum Gasteiger partial charge on any atom is -0.393 e. The van der Waals surface area contributed by atoms with Crippen molar-refractivity contribution in [1.29, 1.82) is 0 Å². The van der Waals surface area contributed by atoms with Gasteiger partial charge in [-0.3, -0.25) is 0 Å². The molecule has 1 aromatic heterocycles. The Labute approximate surface area is 103 Å². The fourth-order valence-electron chi connectivity index (χ4n) is 1.73. The fourth-order valence-corrected chi connectivity index (χ4v) is 1.73.